The highest BCUT2D eigenvalue weighted by Gasteiger charge is 2.34. The number of piperazine rings is 1. The van der Waals surface area contributed by atoms with E-state index in [0.29, 0.717) is 6.54 Å². The fraction of sp³-hybridized carbons (Fsp3) is 0.324. The molecule has 3 aromatic carbocycles. The van der Waals surface area contributed by atoms with Gasteiger partial charge in [0, 0.05) is 63.6 Å². The third-order valence-corrected chi connectivity index (χ3v) is 8.50. The van der Waals surface area contributed by atoms with E-state index in [1.807, 2.05) is 48.5 Å². The first kappa shape index (κ1) is 32.3. The number of nitrogens with zero attached hydrogens (tertiary/aromatic N) is 4. The Hall–Kier alpha value is -4.61. The number of benzene rings is 3. The molecule has 0 saturated carbocycles. The van der Waals surface area contributed by atoms with Gasteiger partial charge in [0.15, 0.2) is 6.29 Å². The van der Waals surface area contributed by atoms with Gasteiger partial charge in [-0.15, -0.1) is 0 Å². The summed E-state index contributed by atoms with van der Waals surface area (Å²) in [6.45, 7) is 8.43. The van der Waals surface area contributed by atoms with Gasteiger partial charge in [-0.2, -0.15) is 0 Å². The standard InChI is InChI=1S/C37H41N5O5/c1-2-21-45-37(44)40-24-28-5-3-6-32(22-28)29-11-13-31(14-12-29)35-46-33(23-34(47-35)30-9-7-27(26-43)8-10-30)25-41-17-19-42(20-18-41)36-38-15-4-16-39-36/h2-16,22,33-35,43H,1,17-21,23-26H2,(H,40,44). The number of carbonyl (C=O) groups is 1. The van der Waals surface area contributed by atoms with Gasteiger partial charge in [-0.25, -0.2) is 14.8 Å². The van der Waals surface area contributed by atoms with Gasteiger partial charge in [-0.3, -0.25) is 4.90 Å². The summed E-state index contributed by atoms with van der Waals surface area (Å²) in [5, 5.41) is 12.3. The molecule has 0 spiro atoms. The lowest BCUT2D eigenvalue weighted by atomic mass is 9.99. The van der Waals surface area contributed by atoms with E-state index < -0.39 is 12.4 Å². The molecule has 244 valence electrons. The van der Waals surface area contributed by atoms with Crippen LogP contribution < -0.4 is 10.2 Å². The second-order valence-electron chi connectivity index (χ2n) is 11.7. The van der Waals surface area contributed by atoms with E-state index in [0.717, 1.165) is 78.5 Å². The van der Waals surface area contributed by atoms with Gasteiger partial charge in [-0.05, 0) is 39.9 Å². The van der Waals surface area contributed by atoms with Crippen LogP contribution in [0.1, 0.15) is 41.1 Å². The molecule has 1 amide bonds. The molecule has 10 nitrogen and oxygen atoms in total. The molecule has 2 aliphatic heterocycles. The number of hydrogen-bond acceptors (Lipinski definition) is 9. The number of carbonyl (C=O) groups excluding carboxylic acids is 1. The van der Waals surface area contributed by atoms with E-state index in [-0.39, 0.29) is 25.4 Å². The first-order valence-corrected chi connectivity index (χ1v) is 16.0. The summed E-state index contributed by atoms with van der Waals surface area (Å²) >= 11 is 0. The Bertz CT molecular complexity index is 1590. The zero-order valence-corrected chi connectivity index (χ0v) is 26.4. The van der Waals surface area contributed by atoms with Gasteiger partial charge in [0.25, 0.3) is 0 Å². The number of nitrogens with one attached hydrogen (secondary N) is 1. The van der Waals surface area contributed by atoms with Crippen LogP contribution in [0.15, 0.2) is 104 Å². The monoisotopic (exact) mass is 635 g/mol. The van der Waals surface area contributed by atoms with E-state index in [9.17, 15) is 9.90 Å². The smallest absolute Gasteiger partial charge is 0.407 e. The van der Waals surface area contributed by atoms with E-state index in [2.05, 4.69) is 62.0 Å². The summed E-state index contributed by atoms with van der Waals surface area (Å²) in [4.78, 5) is 25.3. The average molecular weight is 636 g/mol. The first-order valence-electron chi connectivity index (χ1n) is 16.0. The lowest BCUT2D eigenvalue weighted by Crippen LogP contribution is -2.50. The third-order valence-electron chi connectivity index (χ3n) is 8.50. The summed E-state index contributed by atoms with van der Waals surface area (Å²) in [6.07, 6.45) is 4.66. The Morgan fingerprint density at radius 1 is 0.915 bits per heavy atom. The zero-order valence-electron chi connectivity index (χ0n) is 26.4. The number of hydrogen-bond donors (Lipinski definition) is 2. The molecule has 0 aliphatic carbocycles. The molecular weight excluding hydrogens is 594 g/mol. The van der Waals surface area contributed by atoms with Crippen LogP contribution in [-0.4, -0.2) is 71.5 Å². The van der Waals surface area contributed by atoms with Gasteiger partial charge in [0.05, 0.1) is 18.8 Å². The van der Waals surface area contributed by atoms with Gasteiger partial charge < -0.3 is 29.5 Å². The summed E-state index contributed by atoms with van der Waals surface area (Å²) < 4.78 is 18.2. The lowest BCUT2D eigenvalue weighted by molar-refractivity contribution is -0.253. The maximum absolute atomic E-state index is 11.8. The second-order valence-corrected chi connectivity index (χ2v) is 11.7. The average Bonchev–Trinajstić information content (AvgIpc) is 3.14. The number of amides is 1. The molecule has 47 heavy (non-hydrogen) atoms. The molecule has 2 N–H and O–H groups in total. The summed E-state index contributed by atoms with van der Waals surface area (Å²) in [5.41, 5.74) is 5.95. The normalized spacial score (nSPS) is 20.0. The van der Waals surface area contributed by atoms with Crippen molar-refractivity contribution in [2.24, 2.45) is 0 Å². The Labute approximate surface area is 275 Å². The van der Waals surface area contributed by atoms with Crippen LogP contribution in [0, 0.1) is 0 Å². The summed E-state index contributed by atoms with van der Waals surface area (Å²) in [5.74, 6) is 0.775. The molecule has 3 atom stereocenters. The quantitative estimate of drug-likeness (QED) is 0.209. The number of aliphatic hydroxyl groups is 1. The van der Waals surface area contributed by atoms with E-state index in [1.54, 1.807) is 12.4 Å². The fourth-order valence-electron chi connectivity index (χ4n) is 5.96. The predicted octanol–water partition coefficient (Wildman–Crippen LogP) is 5.42. The molecule has 3 unspecified atom stereocenters. The van der Waals surface area contributed by atoms with Crippen LogP contribution in [0.25, 0.3) is 11.1 Å². The molecular formula is C37H41N5O5. The first-order chi connectivity index (χ1) is 23.1. The highest BCUT2D eigenvalue weighted by Crippen LogP contribution is 2.38. The SMILES string of the molecule is C=CCOC(=O)NCc1cccc(-c2ccc(C3OC(CN4CCN(c5ncccn5)CC4)CC(c4ccc(CO)cc4)O3)cc2)c1. The minimum absolute atomic E-state index is 0.00814. The Morgan fingerprint density at radius 2 is 1.66 bits per heavy atom. The maximum Gasteiger partial charge on any atom is 0.407 e. The van der Waals surface area contributed by atoms with Crippen molar-refractivity contribution in [2.75, 3.05) is 44.2 Å². The van der Waals surface area contributed by atoms with Crippen molar-refractivity contribution < 1.29 is 24.1 Å². The number of alkyl carbamates (subject to hydrolysis) is 1. The highest BCUT2D eigenvalue weighted by molar-refractivity contribution is 5.68. The number of aliphatic hydroxyl groups excluding tert-OH is 1. The van der Waals surface area contributed by atoms with Crippen LogP contribution in [0.5, 0.6) is 0 Å². The van der Waals surface area contributed by atoms with Crippen LogP contribution >= 0.6 is 0 Å². The van der Waals surface area contributed by atoms with E-state index in [4.69, 9.17) is 14.2 Å². The number of aromatic nitrogens is 2. The highest BCUT2D eigenvalue weighted by atomic mass is 16.7. The molecule has 1 aromatic heterocycles. The minimum Gasteiger partial charge on any atom is -0.445 e. The molecule has 0 radical (unpaired) electrons. The molecule has 2 aliphatic rings. The summed E-state index contributed by atoms with van der Waals surface area (Å²) in [7, 11) is 0. The molecule has 6 rings (SSSR count). The van der Waals surface area contributed by atoms with Crippen molar-refractivity contribution in [1.82, 2.24) is 20.2 Å². The second kappa shape index (κ2) is 15.8. The molecule has 2 saturated heterocycles. The van der Waals surface area contributed by atoms with Gasteiger partial charge in [-0.1, -0.05) is 79.4 Å². The lowest BCUT2D eigenvalue weighted by Gasteiger charge is -2.40. The third kappa shape index (κ3) is 8.60. The Morgan fingerprint density at radius 3 is 2.38 bits per heavy atom. The van der Waals surface area contributed by atoms with Crippen molar-refractivity contribution in [3.8, 4) is 11.1 Å². The molecule has 0 bridgehead atoms. The number of ether oxygens (including phenoxy) is 3. The number of anilines is 1. The van der Waals surface area contributed by atoms with Gasteiger partial charge >= 0.3 is 6.09 Å². The van der Waals surface area contributed by atoms with Crippen molar-refractivity contribution >= 4 is 12.0 Å². The van der Waals surface area contributed by atoms with Crippen molar-refractivity contribution in [1.29, 1.82) is 0 Å². The maximum atomic E-state index is 11.8. The van der Waals surface area contributed by atoms with E-state index >= 15 is 0 Å². The molecule has 4 aromatic rings. The molecule has 2 fully saturated rings. The topological polar surface area (TPSA) is 109 Å². The minimum atomic E-state index is -0.526. The Balaban J connectivity index is 1.13. The molecule has 10 heteroatoms. The van der Waals surface area contributed by atoms with Crippen molar-refractivity contribution in [2.45, 2.75) is 38.1 Å². The number of rotatable bonds is 11. The van der Waals surface area contributed by atoms with Gasteiger partial charge in [0.2, 0.25) is 5.95 Å². The zero-order chi connectivity index (χ0) is 32.4. The summed E-state index contributed by atoms with van der Waals surface area (Å²) in [6, 6.07) is 26.1. The molecule has 3 heterocycles. The Kier molecular flexibility index (Phi) is 10.9. The van der Waals surface area contributed by atoms with Crippen molar-refractivity contribution in [3.05, 3.63) is 126 Å². The van der Waals surface area contributed by atoms with E-state index in [1.165, 1.54) is 6.08 Å². The fourth-order valence-corrected chi connectivity index (χ4v) is 5.96. The van der Waals surface area contributed by atoms with Crippen molar-refractivity contribution in [3.63, 3.8) is 0 Å². The van der Waals surface area contributed by atoms with Crippen LogP contribution in [0.3, 0.4) is 0 Å². The van der Waals surface area contributed by atoms with Crippen LogP contribution in [0.2, 0.25) is 0 Å². The van der Waals surface area contributed by atoms with Crippen LogP contribution in [-0.2, 0) is 27.4 Å². The van der Waals surface area contributed by atoms with Crippen LogP contribution in [0.4, 0.5) is 10.7 Å². The predicted molar refractivity (Wildman–Crippen MR) is 179 cm³/mol. The van der Waals surface area contributed by atoms with Gasteiger partial charge in [0.1, 0.15) is 6.61 Å². The largest absolute Gasteiger partial charge is 0.445 e.